The number of ether oxygens (including phenoxy) is 2. The van der Waals surface area contributed by atoms with E-state index in [2.05, 4.69) is 19.6 Å². The highest BCUT2D eigenvalue weighted by molar-refractivity contribution is 8.00. The Labute approximate surface area is 245 Å². The van der Waals surface area contributed by atoms with Crippen LogP contribution >= 0.6 is 23.5 Å². The van der Waals surface area contributed by atoms with Gasteiger partial charge in [-0.15, -0.1) is 0 Å². The number of amides is 1. The van der Waals surface area contributed by atoms with E-state index in [-0.39, 0.29) is 11.9 Å². The van der Waals surface area contributed by atoms with Crippen LogP contribution in [0.15, 0.2) is 53.7 Å². The molecule has 1 saturated heterocycles. The summed E-state index contributed by atoms with van der Waals surface area (Å²) in [6.45, 7) is 12.7. The van der Waals surface area contributed by atoms with Crippen LogP contribution < -0.4 is 9.46 Å². The van der Waals surface area contributed by atoms with Gasteiger partial charge in [-0.25, -0.2) is 14.2 Å². The van der Waals surface area contributed by atoms with Crippen molar-refractivity contribution in [3.05, 3.63) is 65.2 Å². The number of pyridine rings is 2. The first-order valence-corrected chi connectivity index (χ1v) is 14.4. The molecule has 0 atom stereocenters. The van der Waals surface area contributed by atoms with Crippen molar-refractivity contribution in [2.45, 2.75) is 51.7 Å². The van der Waals surface area contributed by atoms with Gasteiger partial charge in [0, 0.05) is 56.4 Å². The summed E-state index contributed by atoms with van der Waals surface area (Å²) in [7, 11) is 1.54. The van der Waals surface area contributed by atoms with E-state index in [0.29, 0.717) is 54.9 Å². The first kappa shape index (κ1) is 31.4. The average molecular weight is 590 g/mol. The number of carbonyl (C=O) groups excluding carboxylic acids is 1. The lowest BCUT2D eigenvalue weighted by Crippen LogP contribution is -2.49. The van der Waals surface area contributed by atoms with Crippen molar-refractivity contribution in [3.8, 4) is 17.1 Å². The molecule has 3 heterocycles. The smallest absolute Gasteiger partial charge is 0.410 e. The Bertz CT molecular complexity index is 1280. The summed E-state index contributed by atoms with van der Waals surface area (Å²) in [5, 5.41) is 0.498. The number of piperazine rings is 1. The number of halogens is 2. The predicted molar refractivity (Wildman–Crippen MR) is 159 cm³/mol. The Morgan fingerprint density at radius 1 is 1.10 bits per heavy atom. The number of methoxy groups -OCH3 is 1. The Hall–Kier alpha value is -3.08. The molecule has 1 N–H and O–H groups in total. The minimum absolute atomic E-state index is 0.293. The third kappa shape index (κ3) is 8.97. The Morgan fingerprint density at radius 3 is 2.48 bits per heavy atom. The van der Waals surface area contributed by atoms with Gasteiger partial charge in [0.1, 0.15) is 11.4 Å². The monoisotopic (exact) mass is 589 g/mol. The summed E-state index contributed by atoms with van der Waals surface area (Å²) >= 11 is 7.35. The van der Waals surface area contributed by atoms with Crippen LogP contribution in [0.25, 0.3) is 11.3 Å². The number of rotatable bonds is 7. The molecule has 3 aromatic rings. The van der Waals surface area contributed by atoms with Crippen LogP contribution in [0.2, 0.25) is 5.02 Å². The van der Waals surface area contributed by atoms with Crippen molar-refractivity contribution in [2.75, 3.05) is 38.0 Å². The van der Waals surface area contributed by atoms with Crippen LogP contribution in [0.3, 0.4) is 0 Å². The molecule has 1 aliphatic rings. The first-order chi connectivity index (χ1) is 19.1. The maximum Gasteiger partial charge on any atom is 0.410 e. The largest absolute Gasteiger partial charge is 0.480 e. The molecule has 1 aliphatic heterocycles. The van der Waals surface area contributed by atoms with E-state index in [9.17, 15) is 4.79 Å². The molecule has 1 amide bonds. The number of nitrogens with zero attached hydrogens (tertiary/aromatic N) is 4. The summed E-state index contributed by atoms with van der Waals surface area (Å²) in [5.74, 6) is 0.113. The Morgan fingerprint density at radius 2 is 1.82 bits per heavy atom. The van der Waals surface area contributed by atoms with E-state index in [1.807, 2.05) is 40.7 Å². The maximum absolute atomic E-state index is 15.1. The van der Waals surface area contributed by atoms with Gasteiger partial charge in [0.15, 0.2) is 0 Å². The number of nitrogens with one attached hydrogen (secondary N) is 1. The van der Waals surface area contributed by atoms with E-state index in [0.717, 1.165) is 16.1 Å². The summed E-state index contributed by atoms with van der Waals surface area (Å²) in [6, 6.07) is 10.6. The van der Waals surface area contributed by atoms with Crippen LogP contribution in [0.1, 0.15) is 40.2 Å². The van der Waals surface area contributed by atoms with E-state index in [1.165, 1.54) is 18.1 Å². The van der Waals surface area contributed by atoms with Crippen LogP contribution in [-0.4, -0.2) is 64.8 Å². The van der Waals surface area contributed by atoms with Crippen molar-refractivity contribution >= 4 is 35.3 Å². The van der Waals surface area contributed by atoms with Crippen LogP contribution in [0.5, 0.6) is 5.88 Å². The average Bonchev–Trinajstić information content (AvgIpc) is 2.93. The normalized spacial score (nSPS) is 13.8. The van der Waals surface area contributed by atoms with Gasteiger partial charge in [0.2, 0.25) is 5.88 Å². The minimum atomic E-state index is -0.516. The van der Waals surface area contributed by atoms with Crippen molar-refractivity contribution < 1.29 is 18.7 Å². The van der Waals surface area contributed by atoms with Crippen LogP contribution in [0.4, 0.5) is 14.9 Å². The van der Waals surface area contributed by atoms with Crippen molar-refractivity contribution in [1.82, 2.24) is 19.8 Å². The van der Waals surface area contributed by atoms with Gasteiger partial charge >= 0.3 is 6.09 Å². The second kappa shape index (κ2) is 14.5. The predicted octanol–water partition coefficient (Wildman–Crippen LogP) is 7.14. The van der Waals surface area contributed by atoms with E-state index in [4.69, 9.17) is 21.1 Å². The number of carbonyl (C=O) groups is 1. The van der Waals surface area contributed by atoms with Gasteiger partial charge in [-0.2, -0.15) is 0 Å². The number of aromatic nitrogens is 2. The highest BCUT2D eigenvalue weighted by Crippen LogP contribution is 2.32. The van der Waals surface area contributed by atoms with Crippen LogP contribution in [-0.2, 0) is 11.3 Å². The molecule has 2 aromatic heterocycles. The Kier molecular flexibility index (Phi) is 11.4. The number of benzene rings is 1. The lowest BCUT2D eigenvalue weighted by atomic mass is 10.1. The minimum Gasteiger partial charge on any atom is -0.480 e. The van der Waals surface area contributed by atoms with E-state index < -0.39 is 5.60 Å². The molecular weight excluding hydrogens is 553 g/mol. The lowest BCUT2D eigenvalue weighted by molar-refractivity contribution is 0.0139. The molecule has 1 fully saturated rings. The summed E-state index contributed by atoms with van der Waals surface area (Å²) in [6.07, 6.45) is 2.85. The first-order valence-electron chi connectivity index (χ1n) is 13.2. The van der Waals surface area contributed by atoms with Crippen molar-refractivity contribution in [3.63, 3.8) is 0 Å². The van der Waals surface area contributed by atoms with E-state index in [1.54, 1.807) is 48.5 Å². The summed E-state index contributed by atoms with van der Waals surface area (Å²) in [5.41, 5.74) is 2.02. The van der Waals surface area contributed by atoms with E-state index >= 15 is 4.39 Å². The Balaban J connectivity index is 0.00000216. The molecular formula is C29H37ClFN5O3S. The highest BCUT2D eigenvalue weighted by atomic mass is 35.5. The van der Waals surface area contributed by atoms with Gasteiger partial charge in [0.25, 0.3) is 0 Å². The lowest BCUT2D eigenvalue weighted by Gasteiger charge is -2.35. The second-order valence-corrected chi connectivity index (χ2v) is 11.1. The standard InChI is InChI=1S/C27H31ClFN5O3S.C2H6/c1-27(2,3)37-26(35)34-11-9-33(10-12-34)17-18-5-6-21(22(29)13-18)23-15-20(7-8-30-23)32-38-24-14-19(28)16-31-25(24)36-4;1-2/h5-8,13-16H,9-12,17H2,1-4H3,(H,30,32);1-2H3. The van der Waals surface area contributed by atoms with Gasteiger partial charge in [-0.1, -0.05) is 31.5 Å². The fourth-order valence-corrected chi connectivity index (χ4v) is 4.91. The fraction of sp³-hybridized carbons (Fsp3) is 0.414. The molecule has 4 rings (SSSR count). The molecule has 0 aliphatic carbocycles. The zero-order chi connectivity index (χ0) is 29.3. The number of anilines is 1. The zero-order valence-corrected chi connectivity index (χ0v) is 25.4. The molecule has 11 heteroatoms. The molecule has 1 aromatic carbocycles. The molecule has 0 radical (unpaired) electrons. The summed E-state index contributed by atoms with van der Waals surface area (Å²) in [4.78, 5) is 25.4. The summed E-state index contributed by atoms with van der Waals surface area (Å²) < 4.78 is 29.1. The van der Waals surface area contributed by atoms with Crippen molar-refractivity contribution in [2.24, 2.45) is 0 Å². The quantitative estimate of drug-likeness (QED) is 0.291. The van der Waals surface area contributed by atoms with Crippen LogP contribution in [0, 0.1) is 5.82 Å². The van der Waals surface area contributed by atoms with Crippen molar-refractivity contribution in [1.29, 1.82) is 0 Å². The third-order valence-corrected chi connectivity index (χ3v) is 6.81. The maximum atomic E-state index is 15.1. The number of hydrogen-bond acceptors (Lipinski definition) is 8. The molecule has 0 bridgehead atoms. The number of hydrogen-bond donors (Lipinski definition) is 1. The molecule has 0 unspecified atom stereocenters. The SMILES string of the molecule is CC.COc1ncc(Cl)cc1SNc1ccnc(-c2ccc(CN3CCN(C(=O)OC(C)(C)C)CC3)cc2F)c1. The third-order valence-electron chi connectivity index (χ3n) is 5.76. The van der Waals surface area contributed by atoms with Gasteiger partial charge < -0.3 is 19.1 Å². The molecule has 216 valence electrons. The molecule has 40 heavy (non-hydrogen) atoms. The molecule has 0 spiro atoms. The second-order valence-electron chi connectivity index (χ2n) is 9.85. The fourth-order valence-electron chi connectivity index (χ4n) is 3.93. The molecule has 8 nitrogen and oxygen atoms in total. The highest BCUT2D eigenvalue weighted by Gasteiger charge is 2.26. The van der Waals surface area contributed by atoms with Gasteiger partial charge in [-0.05, 0) is 68.6 Å². The molecule has 0 saturated carbocycles. The topological polar surface area (TPSA) is 79.8 Å². The van der Waals surface area contributed by atoms with Gasteiger partial charge in [0.05, 0.1) is 22.7 Å². The zero-order valence-electron chi connectivity index (χ0n) is 23.8. The van der Waals surface area contributed by atoms with Gasteiger partial charge in [-0.3, -0.25) is 9.88 Å².